The molecule has 2 aliphatic rings. The van der Waals surface area contributed by atoms with Crippen LogP contribution in [0.1, 0.15) is 31.2 Å². The van der Waals surface area contributed by atoms with Crippen molar-refractivity contribution in [1.29, 1.82) is 0 Å². The average molecular weight is 329 g/mol. The summed E-state index contributed by atoms with van der Waals surface area (Å²) in [5.74, 6) is 1.97. The Labute approximate surface area is 131 Å². The number of benzene rings is 1. The first kappa shape index (κ1) is 15.3. The topological polar surface area (TPSA) is 72.2 Å². The van der Waals surface area contributed by atoms with E-state index in [1.54, 1.807) is 12.1 Å². The molecule has 0 unspecified atom stereocenters. The van der Waals surface area contributed by atoms with Crippen molar-refractivity contribution in [2.24, 2.45) is 23.5 Å². The number of hydrogen-bond acceptors (Lipinski definition) is 3. The molecular weight excluding hydrogens is 308 g/mol. The zero-order chi connectivity index (χ0) is 15.0. The van der Waals surface area contributed by atoms with E-state index in [1.165, 1.54) is 31.7 Å². The Morgan fingerprint density at radius 2 is 1.86 bits per heavy atom. The maximum absolute atomic E-state index is 12.4. The van der Waals surface area contributed by atoms with E-state index in [2.05, 4.69) is 4.72 Å². The minimum atomic E-state index is -3.48. The molecule has 0 aliphatic heterocycles. The molecule has 6 heteroatoms. The Morgan fingerprint density at radius 1 is 1.24 bits per heavy atom. The van der Waals surface area contributed by atoms with Crippen molar-refractivity contribution < 1.29 is 8.42 Å². The van der Waals surface area contributed by atoms with Gasteiger partial charge in [0, 0.05) is 18.1 Å². The first-order chi connectivity index (χ1) is 10.0. The van der Waals surface area contributed by atoms with Crippen LogP contribution in [0.5, 0.6) is 0 Å². The van der Waals surface area contributed by atoms with Crippen molar-refractivity contribution >= 4 is 21.6 Å². The molecule has 1 aromatic rings. The minimum absolute atomic E-state index is 0.231. The van der Waals surface area contributed by atoms with Crippen LogP contribution in [-0.4, -0.2) is 15.0 Å². The van der Waals surface area contributed by atoms with Crippen LogP contribution in [0.25, 0.3) is 0 Å². The number of hydrogen-bond donors (Lipinski definition) is 2. The quantitative estimate of drug-likeness (QED) is 0.807. The van der Waals surface area contributed by atoms with Crippen molar-refractivity contribution in [3.8, 4) is 0 Å². The van der Waals surface area contributed by atoms with Gasteiger partial charge in [0.1, 0.15) is 0 Å². The molecule has 1 aromatic carbocycles. The van der Waals surface area contributed by atoms with Gasteiger partial charge in [-0.2, -0.15) is 0 Å². The van der Waals surface area contributed by atoms with Gasteiger partial charge in [0.05, 0.1) is 4.90 Å². The SMILES string of the molecule is NCc1cc(S(=O)(=O)NCC(C2CC2)C2CC2)ccc1Cl. The van der Waals surface area contributed by atoms with Gasteiger partial charge < -0.3 is 5.73 Å². The van der Waals surface area contributed by atoms with Gasteiger partial charge in [0.15, 0.2) is 0 Å². The number of sulfonamides is 1. The summed E-state index contributed by atoms with van der Waals surface area (Å²) in [4.78, 5) is 0.248. The summed E-state index contributed by atoms with van der Waals surface area (Å²) in [6.45, 7) is 0.785. The zero-order valence-electron chi connectivity index (χ0n) is 11.9. The molecule has 116 valence electrons. The standard InChI is InChI=1S/C15H21ClN2O2S/c16-15-6-5-13(7-12(15)8-17)21(19,20)18-9-14(10-1-2-10)11-3-4-11/h5-7,10-11,14,18H,1-4,8-9,17H2. The second-order valence-corrected chi connectivity index (χ2v) is 8.32. The van der Waals surface area contributed by atoms with Crippen molar-refractivity contribution in [2.75, 3.05) is 6.54 Å². The molecule has 2 fully saturated rings. The lowest BCUT2D eigenvalue weighted by Crippen LogP contribution is -2.31. The first-order valence-corrected chi connectivity index (χ1v) is 9.35. The van der Waals surface area contributed by atoms with Gasteiger partial charge in [0.2, 0.25) is 10.0 Å². The summed E-state index contributed by atoms with van der Waals surface area (Å²) in [7, 11) is -3.48. The van der Waals surface area contributed by atoms with Crippen LogP contribution in [0.3, 0.4) is 0 Å². The van der Waals surface area contributed by atoms with Gasteiger partial charge >= 0.3 is 0 Å². The Hall–Kier alpha value is -0.620. The Balaban J connectivity index is 1.70. The predicted octanol–water partition coefficient (Wildman–Crippen LogP) is 2.51. The van der Waals surface area contributed by atoms with Crippen molar-refractivity contribution in [3.05, 3.63) is 28.8 Å². The largest absolute Gasteiger partial charge is 0.326 e. The molecule has 2 aliphatic carbocycles. The van der Waals surface area contributed by atoms with Crippen LogP contribution in [0.2, 0.25) is 5.02 Å². The Bertz CT molecular complexity index is 613. The number of nitrogens with two attached hydrogens (primary N) is 1. The summed E-state index contributed by atoms with van der Waals surface area (Å²) >= 11 is 5.98. The fourth-order valence-electron chi connectivity index (χ4n) is 2.93. The number of rotatable bonds is 7. The normalized spacial score (nSPS) is 19.2. The molecule has 0 bridgehead atoms. The van der Waals surface area contributed by atoms with E-state index in [0.717, 1.165) is 11.8 Å². The van der Waals surface area contributed by atoms with E-state index >= 15 is 0 Å². The lowest BCUT2D eigenvalue weighted by molar-refractivity contribution is 0.401. The van der Waals surface area contributed by atoms with Crippen LogP contribution < -0.4 is 10.5 Å². The molecule has 0 aromatic heterocycles. The third-order valence-electron chi connectivity index (χ3n) is 4.51. The monoisotopic (exact) mass is 328 g/mol. The summed E-state index contributed by atoms with van der Waals surface area (Å²) in [6.07, 6.45) is 5.00. The van der Waals surface area contributed by atoms with Gasteiger partial charge in [-0.1, -0.05) is 11.6 Å². The number of halogens is 1. The third-order valence-corrected chi connectivity index (χ3v) is 6.30. The van der Waals surface area contributed by atoms with E-state index in [9.17, 15) is 8.42 Å². The summed E-state index contributed by atoms with van der Waals surface area (Å²) < 4.78 is 27.6. The molecule has 2 saturated carbocycles. The third kappa shape index (κ3) is 3.59. The minimum Gasteiger partial charge on any atom is -0.326 e. The summed E-state index contributed by atoms with van der Waals surface area (Å²) in [5.41, 5.74) is 6.23. The van der Waals surface area contributed by atoms with E-state index in [-0.39, 0.29) is 11.4 Å². The van der Waals surface area contributed by atoms with Crippen LogP contribution >= 0.6 is 11.6 Å². The maximum atomic E-state index is 12.4. The van der Waals surface area contributed by atoms with Crippen molar-refractivity contribution in [3.63, 3.8) is 0 Å². The number of nitrogens with one attached hydrogen (secondary N) is 1. The first-order valence-electron chi connectivity index (χ1n) is 7.49. The highest BCUT2D eigenvalue weighted by molar-refractivity contribution is 7.89. The van der Waals surface area contributed by atoms with Gasteiger partial charge in [0.25, 0.3) is 0 Å². The molecule has 0 atom stereocenters. The van der Waals surface area contributed by atoms with E-state index < -0.39 is 10.0 Å². The van der Waals surface area contributed by atoms with Crippen LogP contribution in [-0.2, 0) is 16.6 Å². The second-order valence-electron chi connectivity index (χ2n) is 6.15. The predicted molar refractivity (Wildman–Crippen MR) is 83.5 cm³/mol. The fourth-order valence-corrected chi connectivity index (χ4v) is 4.25. The molecule has 0 heterocycles. The molecule has 3 N–H and O–H groups in total. The lowest BCUT2D eigenvalue weighted by atomic mass is 9.99. The van der Waals surface area contributed by atoms with Gasteiger partial charge in [-0.15, -0.1) is 0 Å². The van der Waals surface area contributed by atoms with Crippen LogP contribution in [0, 0.1) is 17.8 Å². The molecule has 0 amide bonds. The zero-order valence-corrected chi connectivity index (χ0v) is 13.5. The van der Waals surface area contributed by atoms with Gasteiger partial charge in [-0.05, 0) is 67.2 Å². The van der Waals surface area contributed by atoms with Crippen LogP contribution in [0.15, 0.2) is 23.1 Å². The molecule has 0 saturated heterocycles. The smallest absolute Gasteiger partial charge is 0.240 e. The van der Waals surface area contributed by atoms with Gasteiger partial charge in [-0.3, -0.25) is 0 Å². The summed E-state index contributed by atoms with van der Waals surface area (Å²) in [6, 6.07) is 4.69. The molecule has 0 radical (unpaired) electrons. The molecule has 4 nitrogen and oxygen atoms in total. The highest BCUT2D eigenvalue weighted by atomic mass is 35.5. The van der Waals surface area contributed by atoms with Crippen molar-refractivity contribution in [2.45, 2.75) is 37.1 Å². The molecule has 21 heavy (non-hydrogen) atoms. The maximum Gasteiger partial charge on any atom is 0.240 e. The highest BCUT2D eigenvalue weighted by Crippen LogP contribution is 2.48. The molecule has 0 spiro atoms. The average Bonchev–Trinajstić information content (AvgIpc) is 3.33. The summed E-state index contributed by atoms with van der Waals surface area (Å²) in [5, 5.41) is 0.505. The fraction of sp³-hybridized carbons (Fsp3) is 0.600. The Morgan fingerprint density at radius 3 is 2.38 bits per heavy atom. The van der Waals surface area contributed by atoms with Crippen molar-refractivity contribution in [1.82, 2.24) is 4.72 Å². The van der Waals surface area contributed by atoms with E-state index in [0.29, 0.717) is 23.0 Å². The second kappa shape index (κ2) is 5.88. The van der Waals surface area contributed by atoms with E-state index in [1.807, 2.05) is 0 Å². The highest BCUT2D eigenvalue weighted by Gasteiger charge is 2.41. The lowest BCUT2D eigenvalue weighted by Gasteiger charge is -2.16. The van der Waals surface area contributed by atoms with Gasteiger partial charge in [-0.25, -0.2) is 13.1 Å². The molecular formula is C15H21ClN2O2S. The van der Waals surface area contributed by atoms with Crippen LogP contribution in [0.4, 0.5) is 0 Å². The van der Waals surface area contributed by atoms with E-state index in [4.69, 9.17) is 17.3 Å². The Kier molecular flexibility index (Phi) is 4.28. The molecule has 3 rings (SSSR count).